The molecule has 0 aliphatic carbocycles. The number of methoxy groups -OCH3 is 1. The first-order valence-electron chi connectivity index (χ1n) is 6.33. The van der Waals surface area contributed by atoms with Gasteiger partial charge in [-0.2, -0.15) is 0 Å². The molecule has 20 heavy (non-hydrogen) atoms. The largest absolute Gasteiger partial charge is 0.497 e. The first kappa shape index (κ1) is 14.3. The first-order chi connectivity index (χ1) is 9.60. The quantitative estimate of drug-likeness (QED) is 0.908. The smallest absolute Gasteiger partial charge is 0.128 e. The van der Waals surface area contributed by atoms with Crippen LogP contribution in [0.1, 0.15) is 24.2 Å². The molecule has 0 spiro atoms. The van der Waals surface area contributed by atoms with Gasteiger partial charge in [-0.15, -0.1) is 0 Å². The summed E-state index contributed by atoms with van der Waals surface area (Å²) in [5, 5.41) is 9.65. The molecule has 0 radical (unpaired) electrons. The zero-order chi connectivity index (χ0) is 14.5. The van der Waals surface area contributed by atoms with Crippen LogP contribution < -0.4 is 9.47 Å². The van der Waals surface area contributed by atoms with Crippen LogP contribution in [0.4, 0.5) is 4.39 Å². The molecule has 4 heteroatoms. The van der Waals surface area contributed by atoms with Gasteiger partial charge >= 0.3 is 0 Å². The molecule has 0 aromatic heterocycles. The van der Waals surface area contributed by atoms with Gasteiger partial charge in [-0.1, -0.05) is 12.1 Å². The van der Waals surface area contributed by atoms with E-state index in [9.17, 15) is 9.50 Å². The minimum atomic E-state index is -0.712. The van der Waals surface area contributed by atoms with Crippen LogP contribution in [0.25, 0.3) is 0 Å². The number of aliphatic hydroxyl groups excluding tert-OH is 1. The molecule has 2 rings (SSSR count). The lowest BCUT2D eigenvalue weighted by atomic mass is 10.1. The Labute approximate surface area is 117 Å². The maximum atomic E-state index is 13.3. The lowest BCUT2D eigenvalue weighted by Gasteiger charge is -2.14. The van der Waals surface area contributed by atoms with Crippen molar-refractivity contribution in [3.05, 3.63) is 59.4 Å². The second-order valence-electron chi connectivity index (χ2n) is 4.50. The molecular weight excluding hydrogens is 259 g/mol. The number of hydrogen-bond acceptors (Lipinski definition) is 3. The Morgan fingerprint density at radius 3 is 2.70 bits per heavy atom. The predicted octanol–water partition coefficient (Wildman–Crippen LogP) is 3.47. The SMILES string of the molecule is COc1cccc(COc2cc(F)ccc2[C@@H](C)O)c1. The second-order valence-corrected chi connectivity index (χ2v) is 4.50. The van der Waals surface area contributed by atoms with Crippen molar-refractivity contribution in [2.24, 2.45) is 0 Å². The van der Waals surface area contributed by atoms with Gasteiger partial charge in [0.25, 0.3) is 0 Å². The number of rotatable bonds is 5. The second kappa shape index (κ2) is 6.39. The Morgan fingerprint density at radius 1 is 1.20 bits per heavy atom. The van der Waals surface area contributed by atoms with E-state index in [-0.39, 0.29) is 6.61 Å². The molecule has 0 heterocycles. The van der Waals surface area contributed by atoms with Gasteiger partial charge in [0.1, 0.15) is 23.9 Å². The summed E-state index contributed by atoms with van der Waals surface area (Å²) in [5.41, 5.74) is 1.47. The van der Waals surface area contributed by atoms with Crippen LogP contribution in [0.2, 0.25) is 0 Å². The van der Waals surface area contributed by atoms with E-state index in [1.54, 1.807) is 14.0 Å². The van der Waals surface area contributed by atoms with Gasteiger partial charge in [0, 0.05) is 11.6 Å². The highest BCUT2D eigenvalue weighted by Gasteiger charge is 2.10. The maximum absolute atomic E-state index is 13.3. The summed E-state index contributed by atoms with van der Waals surface area (Å²) in [6.45, 7) is 1.89. The Kier molecular flexibility index (Phi) is 4.58. The average Bonchev–Trinajstić information content (AvgIpc) is 2.45. The summed E-state index contributed by atoms with van der Waals surface area (Å²) < 4.78 is 24.0. The van der Waals surface area contributed by atoms with Gasteiger partial charge in [0.2, 0.25) is 0 Å². The Bertz CT molecular complexity index is 582. The summed E-state index contributed by atoms with van der Waals surface area (Å²) in [4.78, 5) is 0. The van der Waals surface area contributed by atoms with Crippen LogP contribution in [0.15, 0.2) is 42.5 Å². The lowest BCUT2D eigenvalue weighted by Crippen LogP contribution is -2.01. The van der Waals surface area contributed by atoms with Gasteiger partial charge in [0.05, 0.1) is 13.2 Å². The van der Waals surface area contributed by atoms with Crippen LogP contribution in [0.5, 0.6) is 11.5 Å². The standard InChI is InChI=1S/C16H17FO3/c1-11(18)15-7-6-13(17)9-16(15)20-10-12-4-3-5-14(8-12)19-2/h3-9,11,18H,10H2,1-2H3/t11-/m1/s1. The molecule has 2 aromatic rings. The van der Waals surface area contributed by atoms with Crippen molar-refractivity contribution in [2.75, 3.05) is 7.11 Å². The minimum absolute atomic E-state index is 0.278. The summed E-state index contributed by atoms with van der Waals surface area (Å²) in [6, 6.07) is 11.6. The summed E-state index contributed by atoms with van der Waals surface area (Å²) in [6.07, 6.45) is -0.712. The molecule has 0 aliphatic rings. The molecule has 0 fully saturated rings. The van der Waals surface area contributed by atoms with Crippen molar-refractivity contribution >= 4 is 0 Å². The molecule has 0 amide bonds. The number of aliphatic hydroxyl groups is 1. The zero-order valence-electron chi connectivity index (χ0n) is 11.5. The molecule has 106 valence electrons. The highest BCUT2D eigenvalue weighted by Crippen LogP contribution is 2.27. The molecule has 2 aromatic carbocycles. The third kappa shape index (κ3) is 3.48. The van der Waals surface area contributed by atoms with E-state index in [1.807, 2.05) is 24.3 Å². The number of halogens is 1. The summed E-state index contributed by atoms with van der Waals surface area (Å²) in [7, 11) is 1.60. The number of ether oxygens (including phenoxy) is 2. The molecule has 1 N–H and O–H groups in total. The fraction of sp³-hybridized carbons (Fsp3) is 0.250. The van der Waals surface area contributed by atoms with Crippen molar-refractivity contribution in [2.45, 2.75) is 19.6 Å². The predicted molar refractivity (Wildman–Crippen MR) is 74.4 cm³/mol. The van der Waals surface area contributed by atoms with Crippen molar-refractivity contribution in [1.29, 1.82) is 0 Å². The summed E-state index contributed by atoms with van der Waals surface area (Å²) >= 11 is 0. The Balaban J connectivity index is 2.15. The highest BCUT2D eigenvalue weighted by molar-refractivity contribution is 5.36. The van der Waals surface area contributed by atoms with Crippen LogP contribution in [-0.2, 0) is 6.61 Å². The van der Waals surface area contributed by atoms with Crippen molar-refractivity contribution < 1.29 is 19.0 Å². The first-order valence-corrected chi connectivity index (χ1v) is 6.33. The van der Waals surface area contributed by atoms with E-state index >= 15 is 0 Å². The zero-order valence-corrected chi connectivity index (χ0v) is 11.5. The molecular formula is C16H17FO3. The van der Waals surface area contributed by atoms with E-state index in [0.717, 1.165) is 11.3 Å². The third-order valence-corrected chi connectivity index (χ3v) is 2.95. The van der Waals surface area contributed by atoms with Gasteiger partial charge in [0.15, 0.2) is 0 Å². The van der Waals surface area contributed by atoms with Crippen LogP contribution >= 0.6 is 0 Å². The summed E-state index contributed by atoms with van der Waals surface area (Å²) in [5.74, 6) is 0.693. The van der Waals surface area contributed by atoms with Gasteiger partial charge < -0.3 is 14.6 Å². The fourth-order valence-electron chi connectivity index (χ4n) is 1.90. The van der Waals surface area contributed by atoms with Gasteiger partial charge in [-0.05, 0) is 36.8 Å². The van der Waals surface area contributed by atoms with E-state index in [1.165, 1.54) is 18.2 Å². The molecule has 0 bridgehead atoms. The van der Waals surface area contributed by atoms with Crippen LogP contribution in [0.3, 0.4) is 0 Å². The lowest BCUT2D eigenvalue weighted by molar-refractivity contribution is 0.190. The van der Waals surface area contributed by atoms with Gasteiger partial charge in [-0.3, -0.25) is 0 Å². The molecule has 1 atom stereocenters. The minimum Gasteiger partial charge on any atom is -0.497 e. The highest BCUT2D eigenvalue weighted by atomic mass is 19.1. The molecule has 0 unspecified atom stereocenters. The van der Waals surface area contributed by atoms with Gasteiger partial charge in [-0.25, -0.2) is 4.39 Å². The normalized spacial score (nSPS) is 12.0. The monoisotopic (exact) mass is 276 g/mol. The molecule has 0 aliphatic heterocycles. The Hall–Kier alpha value is -2.07. The topological polar surface area (TPSA) is 38.7 Å². The van der Waals surface area contributed by atoms with Crippen LogP contribution in [0, 0.1) is 5.82 Å². The van der Waals surface area contributed by atoms with E-state index in [4.69, 9.17) is 9.47 Å². The van der Waals surface area contributed by atoms with E-state index < -0.39 is 11.9 Å². The maximum Gasteiger partial charge on any atom is 0.128 e. The van der Waals surface area contributed by atoms with Crippen molar-refractivity contribution in [3.63, 3.8) is 0 Å². The number of hydrogen-bond donors (Lipinski definition) is 1. The van der Waals surface area contributed by atoms with E-state index in [0.29, 0.717) is 11.3 Å². The van der Waals surface area contributed by atoms with Crippen molar-refractivity contribution in [3.8, 4) is 11.5 Å². The molecule has 0 saturated carbocycles. The van der Waals surface area contributed by atoms with E-state index in [2.05, 4.69) is 0 Å². The molecule has 0 saturated heterocycles. The van der Waals surface area contributed by atoms with Crippen LogP contribution in [-0.4, -0.2) is 12.2 Å². The van der Waals surface area contributed by atoms with Crippen molar-refractivity contribution in [1.82, 2.24) is 0 Å². The fourth-order valence-corrected chi connectivity index (χ4v) is 1.90. The Morgan fingerprint density at radius 2 is 2.00 bits per heavy atom. The molecule has 3 nitrogen and oxygen atoms in total. The third-order valence-electron chi connectivity index (χ3n) is 2.95. The average molecular weight is 276 g/mol. The number of benzene rings is 2.